The quantitative estimate of drug-likeness (QED) is 0.0261. The molecule has 0 rings (SSSR count). The van der Waals surface area contributed by atoms with Crippen molar-refractivity contribution < 1.29 is 28.6 Å². The van der Waals surface area contributed by atoms with Gasteiger partial charge in [0.15, 0.2) is 6.10 Å². The second-order valence-electron chi connectivity index (χ2n) is 21.6. The van der Waals surface area contributed by atoms with Crippen molar-refractivity contribution in [3.63, 3.8) is 0 Å². The fourth-order valence-electron chi connectivity index (χ4n) is 9.17. The molecule has 0 saturated carbocycles. The van der Waals surface area contributed by atoms with Crippen LogP contribution in [0.4, 0.5) is 0 Å². The first-order valence-electron chi connectivity index (χ1n) is 32.7. The third kappa shape index (κ3) is 63.0. The van der Waals surface area contributed by atoms with Crippen molar-refractivity contribution in [3.05, 3.63) is 97.2 Å². The summed E-state index contributed by atoms with van der Waals surface area (Å²) >= 11 is 0. The zero-order valence-electron chi connectivity index (χ0n) is 50.7. The highest BCUT2D eigenvalue weighted by atomic mass is 16.6. The van der Waals surface area contributed by atoms with Crippen LogP contribution in [0.5, 0.6) is 0 Å². The van der Waals surface area contributed by atoms with E-state index in [2.05, 4.69) is 112 Å². The van der Waals surface area contributed by atoms with Gasteiger partial charge in [0.05, 0.1) is 0 Å². The van der Waals surface area contributed by atoms with Gasteiger partial charge in [0.1, 0.15) is 13.2 Å². The summed E-state index contributed by atoms with van der Waals surface area (Å²) in [7, 11) is 0. The Hall–Kier alpha value is -3.67. The van der Waals surface area contributed by atoms with Gasteiger partial charge in [-0.1, -0.05) is 285 Å². The molecule has 0 spiro atoms. The third-order valence-corrected chi connectivity index (χ3v) is 14.1. The Balaban J connectivity index is 4.30. The molecule has 0 aromatic carbocycles. The Morgan fingerprint density at radius 1 is 0.273 bits per heavy atom. The van der Waals surface area contributed by atoms with Gasteiger partial charge in [0.25, 0.3) is 0 Å². The number of unbranched alkanes of at least 4 members (excludes halogenated alkanes) is 32. The fourth-order valence-corrected chi connectivity index (χ4v) is 9.17. The molecule has 0 aromatic rings. The molecule has 0 amide bonds. The summed E-state index contributed by atoms with van der Waals surface area (Å²) in [4.78, 5) is 38.3. The monoisotopic (exact) mass is 1070 g/mol. The van der Waals surface area contributed by atoms with Gasteiger partial charge >= 0.3 is 17.9 Å². The van der Waals surface area contributed by atoms with Gasteiger partial charge in [0.2, 0.25) is 0 Å². The van der Waals surface area contributed by atoms with Crippen molar-refractivity contribution in [2.24, 2.45) is 0 Å². The molecule has 0 fully saturated rings. The predicted octanol–water partition coefficient (Wildman–Crippen LogP) is 22.4. The number of allylic oxidation sites excluding steroid dienone is 16. The van der Waals surface area contributed by atoms with Crippen molar-refractivity contribution in [2.45, 2.75) is 322 Å². The standard InChI is InChI=1S/C71H122O6/c1-4-7-10-13-16-19-22-25-27-29-31-32-33-34-35-36-37-38-40-41-43-46-49-52-55-58-61-64-70(73)76-67-68(66-75-69(72)63-60-57-54-51-48-45-24-21-18-15-12-9-6-3)77-71(74)65-62-59-56-53-50-47-44-42-39-30-28-26-23-20-17-14-11-8-5-2/h9,12,17-18,20-22,25-26,28-29,31,45,48,54,57,68H,4-8,10-11,13-16,19,23-24,27,30,32-44,46-47,49-53,55-56,58-67H2,1-3H3/b12-9-,20-17-,21-18-,25-22-,28-26-,31-29-,48-45-,57-54-. The van der Waals surface area contributed by atoms with E-state index in [-0.39, 0.29) is 37.5 Å². The van der Waals surface area contributed by atoms with Gasteiger partial charge in [-0.05, 0) is 109 Å². The number of hydrogen-bond donors (Lipinski definition) is 0. The number of hydrogen-bond acceptors (Lipinski definition) is 6. The summed E-state index contributed by atoms with van der Waals surface area (Å²) < 4.78 is 16.9. The van der Waals surface area contributed by atoms with Crippen LogP contribution in [0.15, 0.2) is 97.2 Å². The minimum atomic E-state index is -0.810. The molecule has 0 radical (unpaired) electrons. The first kappa shape index (κ1) is 73.3. The third-order valence-electron chi connectivity index (χ3n) is 14.1. The highest BCUT2D eigenvalue weighted by Gasteiger charge is 2.19. The first-order chi connectivity index (χ1) is 38.0. The van der Waals surface area contributed by atoms with Crippen LogP contribution in [-0.2, 0) is 28.6 Å². The molecule has 0 bridgehead atoms. The molecule has 0 aromatic heterocycles. The minimum absolute atomic E-state index is 0.100. The van der Waals surface area contributed by atoms with E-state index in [4.69, 9.17) is 14.2 Å². The second kappa shape index (κ2) is 64.9. The molecule has 0 saturated heterocycles. The maximum absolute atomic E-state index is 12.9. The molecule has 77 heavy (non-hydrogen) atoms. The topological polar surface area (TPSA) is 78.9 Å². The summed E-state index contributed by atoms with van der Waals surface area (Å²) in [5, 5.41) is 0. The van der Waals surface area contributed by atoms with Crippen LogP contribution >= 0.6 is 0 Å². The number of esters is 3. The highest BCUT2D eigenvalue weighted by molar-refractivity contribution is 5.71. The van der Waals surface area contributed by atoms with Crippen LogP contribution in [0.1, 0.15) is 316 Å². The summed E-state index contributed by atoms with van der Waals surface area (Å²) in [6.07, 6.45) is 87.2. The Morgan fingerprint density at radius 2 is 0.532 bits per heavy atom. The molecule has 0 aliphatic rings. The van der Waals surface area contributed by atoms with E-state index < -0.39 is 6.10 Å². The van der Waals surface area contributed by atoms with Crippen LogP contribution in [0.3, 0.4) is 0 Å². The zero-order valence-corrected chi connectivity index (χ0v) is 50.7. The van der Waals surface area contributed by atoms with E-state index in [1.807, 2.05) is 6.08 Å². The largest absolute Gasteiger partial charge is 0.462 e. The van der Waals surface area contributed by atoms with Crippen LogP contribution in [0.25, 0.3) is 0 Å². The van der Waals surface area contributed by atoms with Gasteiger partial charge in [-0.25, -0.2) is 0 Å². The first-order valence-corrected chi connectivity index (χ1v) is 32.7. The summed E-state index contributed by atoms with van der Waals surface area (Å²) in [6.45, 7) is 6.45. The van der Waals surface area contributed by atoms with Crippen LogP contribution in [0.2, 0.25) is 0 Å². The Bertz CT molecular complexity index is 1510. The van der Waals surface area contributed by atoms with Gasteiger partial charge in [-0.15, -0.1) is 0 Å². The molecular formula is C71H122O6. The lowest BCUT2D eigenvalue weighted by Gasteiger charge is -2.18. The average Bonchev–Trinajstić information content (AvgIpc) is 3.43. The molecule has 0 N–H and O–H groups in total. The maximum Gasteiger partial charge on any atom is 0.306 e. The fraction of sp³-hybridized carbons (Fsp3) is 0.732. The van der Waals surface area contributed by atoms with Crippen molar-refractivity contribution in [1.29, 1.82) is 0 Å². The molecule has 0 heterocycles. The predicted molar refractivity (Wildman–Crippen MR) is 334 cm³/mol. The van der Waals surface area contributed by atoms with E-state index >= 15 is 0 Å². The number of carbonyl (C=O) groups is 3. The summed E-state index contributed by atoms with van der Waals surface area (Å²) in [6, 6.07) is 0. The van der Waals surface area contributed by atoms with Gasteiger partial charge in [0, 0.05) is 19.3 Å². The number of carbonyl (C=O) groups excluding carboxylic acids is 3. The van der Waals surface area contributed by atoms with E-state index in [1.54, 1.807) is 0 Å². The molecule has 442 valence electrons. The lowest BCUT2D eigenvalue weighted by atomic mass is 10.0. The second-order valence-corrected chi connectivity index (χ2v) is 21.6. The number of ether oxygens (including phenoxy) is 3. The lowest BCUT2D eigenvalue weighted by molar-refractivity contribution is -0.166. The normalized spacial score (nSPS) is 12.7. The van der Waals surface area contributed by atoms with Gasteiger partial charge < -0.3 is 14.2 Å². The maximum atomic E-state index is 12.9. The molecule has 6 nitrogen and oxygen atoms in total. The van der Waals surface area contributed by atoms with Crippen molar-refractivity contribution in [3.8, 4) is 0 Å². The Labute approximate surface area is 477 Å². The lowest BCUT2D eigenvalue weighted by Crippen LogP contribution is -2.30. The Morgan fingerprint density at radius 3 is 0.896 bits per heavy atom. The summed E-state index contributed by atoms with van der Waals surface area (Å²) in [5.41, 5.74) is 0. The van der Waals surface area contributed by atoms with Crippen molar-refractivity contribution in [2.75, 3.05) is 13.2 Å². The van der Waals surface area contributed by atoms with Crippen molar-refractivity contribution >= 4 is 17.9 Å². The van der Waals surface area contributed by atoms with Crippen LogP contribution in [-0.4, -0.2) is 37.2 Å². The molecular weight excluding hydrogens is 949 g/mol. The van der Waals surface area contributed by atoms with Crippen LogP contribution in [0, 0.1) is 0 Å². The van der Waals surface area contributed by atoms with Gasteiger partial charge in [-0.3, -0.25) is 14.4 Å². The molecule has 0 aliphatic carbocycles. The molecule has 0 aliphatic heterocycles. The Kier molecular flexibility index (Phi) is 61.8. The SMILES string of the molecule is CC/C=C\C/C=C\C/C=C\C/C=C\CCC(=O)OCC(COC(=O)CCCCCCCCCCCCCCCCC/C=C\C/C=C\CCCCCCC)OC(=O)CCCCCCCCCCC/C=C\C/C=C\CCCCC. The summed E-state index contributed by atoms with van der Waals surface area (Å²) in [5.74, 6) is -0.980. The average molecular weight is 1070 g/mol. The van der Waals surface area contributed by atoms with E-state index in [0.717, 1.165) is 77.0 Å². The van der Waals surface area contributed by atoms with Crippen molar-refractivity contribution in [1.82, 2.24) is 0 Å². The zero-order chi connectivity index (χ0) is 55.7. The minimum Gasteiger partial charge on any atom is -0.462 e. The van der Waals surface area contributed by atoms with Crippen LogP contribution < -0.4 is 0 Å². The molecule has 1 atom stereocenters. The van der Waals surface area contributed by atoms with E-state index in [0.29, 0.717) is 19.3 Å². The van der Waals surface area contributed by atoms with Gasteiger partial charge in [-0.2, -0.15) is 0 Å². The van der Waals surface area contributed by atoms with E-state index in [9.17, 15) is 14.4 Å². The smallest absolute Gasteiger partial charge is 0.306 e. The number of rotatable bonds is 59. The highest BCUT2D eigenvalue weighted by Crippen LogP contribution is 2.16. The molecule has 6 heteroatoms. The molecule has 1 unspecified atom stereocenters. The van der Waals surface area contributed by atoms with E-state index in [1.165, 1.54) is 193 Å².